The molecule has 3 aromatic rings. The van der Waals surface area contributed by atoms with Gasteiger partial charge in [-0.05, 0) is 44.0 Å². The number of hydrogen-bond acceptors (Lipinski definition) is 4. The smallest absolute Gasteiger partial charge is 0.325 e. The van der Waals surface area contributed by atoms with Crippen LogP contribution in [0.4, 0.5) is 5.82 Å². The predicted octanol–water partition coefficient (Wildman–Crippen LogP) is 3.59. The number of benzene rings is 1. The van der Waals surface area contributed by atoms with Crippen LogP contribution in [-0.2, 0) is 9.53 Å². The van der Waals surface area contributed by atoms with Crippen molar-refractivity contribution in [3.8, 4) is 11.3 Å². The van der Waals surface area contributed by atoms with Gasteiger partial charge < -0.3 is 10.1 Å². The second-order valence-electron chi connectivity index (χ2n) is 5.71. The van der Waals surface area contributed by atoms with Crippen LogP contribution >= 0.6 is 0 Å². The first-order chi connectivity index (χ1) is 11.6. The van der Waals surface area contributed by atoms with E-state index < -0.39 is 0 Å². The molecule has 0 amide bonds. The van der Waals surface area contributed by atoms with Crippen LogP contribution in [-0.4, -0.2) is 28.5 Å². The molecule has 3 rings (SSSR count). The zero-order valence-electron chi connectivity index (χ0n) is 14.2. The maximum absolute atomic E-state index is 11.7. The van der Waals surface area contributed by atoms with Crippen LogP contribution in [0.1, 0.15) is 18.1 Å². The highest BCUT2D eigenvalue weighted by Gasteiger charge is 2.16. The Morgan fingerprint density at radius 3 is 2.79 bits per heavy atom. The van der Waals surface area contributed by atoms with E-state index in [0.29, 0.717) is 6.61 Å². The van der Waals surface area contributed by atoms with Crippen LogP contribution in [0.3, 0.4) is 0 Å². The summed E-state index contributed by atoms with van der Waals surface area (Å²) in [6.45, 7) is 6.37. The molecule has 5 heteroatoms. The number of imidazole rings is 1. The van der Waals surface area contributed by atoms with Gasteiger partial charge in [-0.2, -0.15) is 0 Å². The molecule has 0 radical (unpaired) electrons. The number of pyridine rings is 1. The fraction of sp³-hybridized carbons (Fsp3) is 0.263. The number of carbonyl (C=O) groups excluding carboxylic acids is 1. The first-order valence-corrected chi connectivity index (χ1v) is 8.04. The summed E-state index contributed by atoms with van der Waals surface area (Å²) in [6, 6.07) is 12.1. The van der Waals surface area contributed by atoms with Crippen LogP contribution in [0.5, 0.6) is 0 Å². The summed E-state index contributed by atoms with van der Waals surface area (Å²) in [5, 5.41) is 3.19. The van der Waals surface area contributed by atoms with Gasteiger partial charge in [0, 0.05) is 11.8 Å². The number of aryl methyl sites for hydroxylation is 2. The van der Waals surface area contributed by atoms with Gasteiger partial charge in [-0.3, -0.25) is 9.20 Å². The van der Waals surface area contributed by atoms with Crippen molar-refractivity contribution >= 4 is 17.4 Å². The Balaban J connectivity index is 2.08. The van der Waals surface area contributed by atoms with E-state index in [9.17, 15) is 4.79 Å². The Morgan fingerprint density at radius 1 is 1.25 bits per heavy atom. The quantitative estimate of drug-likeness (QED) is 0.729. The molecule has 0 unspecified atom stereocenters. The molecular formula is C19H21N3O2. The monoisotopic (exact) mass is 323 g/mol. The minimum absolute atomic E-state index is 0.106. The molecule has 0 aliphatic carbocycles. The number of anilines is 1. The summed E-state index contributed by atoms with van der Waals surface area (Å²) in [4.78, 5) is 16.5. The number of hydrogen-bond donors (Lipinski definition) is 1. The van der Waals surface area contributed by atoms with Gasteiger partial charge in [-0.25, -0.2) is 4.98 Å². The summed E-state index contributed by atoms with van der Waals surface area (Å²) in [5.41, 5.74) is 5.01. The summed E-state index contributed by atoms with van der Waals surface area (Å²) < 4.78 is 6.98. The Bertz CT molecular complexity index is 883. The lowest BCUT2D eigenvalue weighted by molar-refractivity contribution is -0.140. The molecular weight excluding hydrogens is 302 g/mol. The number of aromatic nitrogens is 2. The first kappa shape index (κ1) is 16.1. The highest BCUT2D eigenvalue weighted by Crippen LogP contribution is 2.31. The van der Waals surface area contributed by atoms with Gasteiger partial charge in [0.25, 0.3) is 0 Å². The molecule has 0 aliphatic rings. The maximum atomic E-state index is 11.7. The summed E-state index contributed by atoms with van der Waals surface area (Å²) in [5.74, 6) is 0.516. The minimum Gasteiger partial charge on any atom is -0.465 e. The van der Waals surface area contributed by atoms with E-state index in [0.717, 1.165) is 33.8 Å². The molecule has 124 valence electrons. The molecule has 1 N–H and O–H groups in total. The van der Waals surface area contributed by atoms with Gasteiger partial charge in [0.2, 0.25) is 0 Å². The molecule has 0 bridgehead atoms. The van der Waals surface area contributed by atoms with Crippen molar-refractivity contribution < 1.29 is 9.53 Å². The van der Waals surface area contributed by atoms with E-state index in [4.69, 9.17) is 9.72 Å². The van der Waals surface area contributed by atoms with Crippen LogP contribution in [0.25, 0.3) is 16.9 Å². The second-order valence-corrected chi connectivity index (χ2v) is 5.71. The normalized spacial score (nSPS) is 10.8. The minimum atomic E-state index is -0.282. The number of fused-ring (bicyclic) bond motifs is 1. The largest absolute Gasteiger partial charge is 0.465 e. The molecule has 0 spiro atoms. The number of nitrogens with zero attached hydrogens (tertiary/aromatic N) is 2. The standard InChI is InChI=1S/C19H21N3O2/c1-4-24-17(23)12-20-19-18(15-8-6-5-7-14(15)3)21-16-11-13(2)9-10-22(16)19/h5-11,20H,4,12H2,1-3H3. The fourth-order valence-corrected chi connectivity index (χ4v) is 2.71. The molecule has 5 nitrogen and oxygen atoms in total. The van der Waals surface area contributed by atoms with E-state index in [-0.39, 0.29) is 12.5 Å². The fourth-order valence-electron chi connectivity index (χ4n) is 2.71. The molecule has 2 heterocycles. The Hall–Kier alpha value is -2.82. The third-order valence-corrected chi connectivity index (χ3v) is 3.89. The van der Waals surface area contributed by atoms with E-state index >= 15 is 0 Å². The molecule has 0 fully saturated rings. The van der Waals surface area contributed by atoms with Crippen molar-refractivity contribution in [3.63, 3.8) is 0 Å². The van der Waals surface area contributed by atoms with Crippen LogP contribution in [0.15, 0.2) is 42.6 Å². The Morgan fingerprint density at radius 2 is 2.04 bits per heavy atom. The van der Waals surface area contributed by atoms with Crippen LogP contribution < -0.4 is 5.32 Å². The van der Waals surface area contributed by atoms with Gasteiger partial charge in [-0.1, -0.05) is 24.3 Å². The molecule has 1 aromatic carbocycles. The zero-order chi connectivity index (χ0) is 17.1. The summed E-state index contributed by atoms with van der Waals surface area (Å²) >= 11 is 0. The van der Waals surface area contributed by atoms with E-state index in [1.54, 1.807) is 6.92 Å². The van der Waals surface area contributed by atoms with E-state index in [1.165, 1.54) is 0 Å². The lowest BCUT2D eigenvalue weighted by Crippen LogP contribution is -2.18. The van der Waals surface area contributed by atoms with E-state index in [2.05, 4.69) is 18.3 Å². The van der Waals surface area contributed by atoms with Gasteiger partial charge in [0.1, 0.15) is 23.7 Å². The second kappa shape index (κ2) is 6.74. The van der Waals surface area contributed by atoms with Gasteiger partial charge in [0.05, 0.1) is 6.61 Å². The first-order valence-electron chi connectivity index (χ1n) is 8.04. The molecule has 0 saturated heterocycles. The predicted molar refractivity (Wildman–Crippen MR) is 95.2 cm³/mol. The van der Waals surface area contributed by atoms with E-state index in [1.807, 2.05) is 47.9 Å². The third-order valence-electron chi connectivity index (χ3n) is 3.89. The van der Waals surface area contributed by atoms with Crippen molar-refractivity contribution in [2.75, 3.05) is 18.5 Å². The van der Waals surface area contributed by atoms with Gasteiger partial charge >= 0.3 is 5.97 Å². The zero-order valence-corrected chi connectivity index (χ0v) is 14.2. The highest BCUT2D eigenvalue weighted by atomic mass is 16.5. The number of ether oxygens (including phenoxy) is 1. The maximum Gasteiger partial charge on any atom is 0.325 e. The molecule has 2 aromatic heterocycles. The van der Waals surface area contributed by atoms with Crippen molar-refractivity contribution in [2.45, 2.75) is 20.8 Å². The summed E-state index contributed by atoms with van der Waals surface area (Å²) in [6.07, 6.45) is 1.97. The SMILES string of the molecule is CCOC(=O)CNc1c(-c2ccccc2C)nc2cc(C)ccn12. The Labute approximate surface area is 141 Å². The average Bonchev–Trinajstić information content (AvgIpc) is 2.91. The number of rotatable bonds is 5. The molecule has 24 heavy (non-hydrogen) atoms. The lowest BCUT2D eigenvalue weighted by atomic mass is 10.1. The molecule has 0 saturated carbocycles. The summed E-state index contributed by atoms with van der Waals surface area (Å²) in [7, 11) is 0. The van der Waals surface area contributed by atoms with Crippen molar-refractivity contribution in [1.29, 1.82) is 0 Å². The van der Waals surface area contributed by atoms with Crippen LogP contribution in [0.2, 0.25) is 0 Å². The van der Waals surface area contributed by atoms with Crippen molar-refractivity contribution in [1.82, 2.24) is 9.38 Å². The van der Waals surface area contributed by atoms with Crippen molar-refractivity contribution in [2.24, 2.45) is 0 Å². The topological polar surface area (TPSA) is 55.6 Å². The number of esters is 1. The van der Waals surface area contributed by atoms with Gasteiger partial charge in [0.15, 0.2) is 0 Å². The van der Waals surface area contributed by atoms with Gasteiger partial charge in [-0.15, -0.1) is 0 Å². The third kappa shape index (κ3) is 3.11. The number of nitrogens with one attached hydrogen (secondary N) is 1. The average molecular weight is 323 g/mol. The Kier molecular flexibility index (Phi) is 4.51. The molecule has 0 atom stereocenters. The molecule has 0 aliphatic heterocycles. The number of carbonyl (C=O) groups is 1. The van der Waals surface area contributed by atoms with Crippen molar-refractivity contribution in [3.05, 3.63) is 53.7 Å². The highest BCUT2D eigenvalue weighted by molar-refractivity contribution is 5.82. The van der Waals surface area contributed by atoms with Crippen LogP contribution in [0, 0.1) is 13.8 Å². The lowest BCUT2D eigenvalue weighted by Gasteiger charge is -2.10.